The molecule has 0 unspecified atom stereocenters. The van der Waals surface area contributed by atoms with Crippen LogP contribution in [-0.2, 0) is 0 Å². The second-order valence-corrected chi connectivity index (χ2v) is 24.0. The zero-order chi connectivity index (χ0) is 54.9. The molecule has 396 valence electrons. The number of nitrogens with zero attached hydrogens (tertiary/aromatic N) is 13. The van der Waals surface area contributed by atoms with E-state index in [4.69, 9.17) is 0 Å². The van der Waals surface area contributed by atoms with Gasteiger partial charge in [0.1, 0.15) is 9.66 Å². The van der Waals surface area contributed by atoms with E-state index in [0.29, 0.717) is 0 Å². The maximum Gasteiger partial charge on any atom is 0.170 e. The van der Waals surface area contributed by atoms with E-state index in [0.717, 1.165) is 52.3 Å². The molecule has 0 amide bonds. The Bertz CT molecular complexity index is 3500. The Morgan fingerprint density at radius 1 is 0.222 bits per heavy atom. The fourth-order valence-corrected chi connectivity index (χ4v) is 13.1. The minimum atomic E-state index is 0.850. The van der Waals surface area contributed by atoms with Crippen LogP contribution in [0.4, 0.5) is 0 Å². The number of thiazole rings is 5. The van der Waals surface area contributed by atoms with Gasteiger partial charge in [0.2, 0.25) is 0 Å². The third-order valence-corrected chi connectivity index (χ3v) is 18.1. The van der Waals surface area contributed by atoms with E-state index in [1.807, 2.05) is 145 Å². The maximum absolute atomic E-state index is 4.16. The molecule has 0 aliphatic rings. The Morgan fingerprint density at radius 3 is 1.51 bits per heavy atom. The second-order valence-electron chi connectivity index (χ2n) is 15.9. The summed E-state index contributed by atoms with van der Waals surface area (Å²) in [5.74, 6) is 0. The Labute approximate surface area is 499 Å². The summed E-state index contributed by atoms with van der Waals surface area (Å²) in [6.07, 6.45) is 21.7. The first kappa shape index (κ1) is 56.0. The molecular weight excluding hydrogens is 1180 g/mol. The Hall–Kier alpha value is -8.29. The van der Waals surface area contributed by atoms with Gasteiger partial charge in [-0.1, -0.05) is 18.2 Å². The summed E-state index contributed by atoms with van der Waals surface area (Å²) in [6.45, 7) is 0. The third-order valence-electron chi connectivity index (χ3n) is 10.7. The third kappa shape index (κ3) is 16.6. The molecule has 0 aliphatic heterocycles. The van der Waals surface area contributed by atoms with Gasteiger partial charge in [-0.3, -0.25) is 24.9 Å². The zero-order valence-electron chi connectivity index (χ0n) is 42.2. The van der Waals surface area contributed by atoms with Crippen molar-refractivity contribution < 1.29 is 0 Å². The van der Waals surface area contributed by atoms with E-state index >= 15 is 0 Å². The van der Waals surface area contributed by atoms with Crippen LogP contribution in [0.1, 0.15) is 0 Å². The monoisotopic (exact) mass is 1220 g/mol. The van der Waals surface area contributed by atoms with Crippen LogP contribution in [0.5, 0.6) is 0 Å². The number of para-hydroxylation sites is 1. The smallest absolute Gasteiger partial charge is 0.170 e. The van der Waals surface area contributed by atoms with E-state index in [-0.39, 0.29) is 0 Å². The van der Waals surface area contributed by atoms with Crippen molar-refractivity contribution in [1.82, 2.24) is 64.8 Å². The Kier molecular flexibility index (Phi) is 21.0. The van der Waals surface area contributed by atoms with Gasteiger partial charge in [0.05, 0.1) is 89.5 Å². The number of aromatic nitrogens is 13. The number of pyridine rings is 8. The lowest BCUT2D eigenvalue weighted by atomic mass is 10.3. The molecule has 0 atom stereocenters. The number of benzene rings is 1. The number of hydrogen-bond donors (Lipinski definition) is 0. The van der Waals surface area contributed by atoms with Crippen molar-refractivity contribution in [2.24, 2.45) is 0 Å². The normalized spacial score (nSPS) is 10.2. The van der Waals surface area contributed by atoms with Gasteiger partial charge in [-0.25, -0.2) is 39.9 Å². The van der Waals surface area contributed by atoms with Crippen molar-refractivity contribution in [2.45, 2.75) is 0 Å². The number of fused-ring (bicyclic) bond motifs is 9. The van der Waals surface area contributed by atoms with Crippen LogP contribution in [0.15, 0.2) is 245 Å². The molecule has 0 bridgehead atoms. The molecule has 0 aliphatic carbocycles. The highest BCUT2D eigenvalue weighted by atomic mass is 32.1. The highest BCUT2D eigenvalue weighted by Crippen LogP contribution is 2.21. The van der Waals surface area contributed by atoms with Crippen LogP contribution in [0, 0.1) is 0 Å². The van der Waals surface area contributed by atoms with Gasteiger partial charge in [0.25, 0.3) is 0 Å². The van der Waals surface area contributed by atoms with Crippen LogP contribution in [0.3, 0.4) is 0 Å². The summed E-state index contributed by atoms with van der Waals surface area (Å²) in [5, 5.41) is 12.0. The lowest BCUT2D eigenvalue weighted by Crippen LogP contribution is -1.70. The van der Waals surface area contributed by atoms with Crippen molar-refractivity contribution in [3.63, 3.8) is 0 Å². The van der Waals surface area contributed by atoms with Gasteiger partial charge in [-0.2, -0.15) is 0 Å². The summed E-state index contributed by atoms with van der Waals surface area (Å²) >= 11 is 15.0. The predicted molar refractivity (Wildman–Crippen MR) is 348 cm³/mol. The van der Waals surface area contributed by atoms with Gasteiger partial charge in [0, 0.05) is 83.6 Å². The van der Waals surface area contributed by atoms with Crippen LogP contribution in [0.25, 0.3) is 91.9 Å². The van der Waals surface area contributed by atoms with E-state index in [1.54, 1.807) is 144 Å². The molecule has 18 rings (SSSR count). The first-order chi connectivity index (χ1) is 40.2. The number of rotatable bonds is 0. The highest BCUT2D eigenvalue weighted by molar-refractivity contribution is 7.19. The lowest BCUT2D eigenvalue weighted by molar-refractivity contribution is 1.33. The van der Waals surface area contributed by atoms with Gasteiger partial charge in [-0.15, -0.1) is 102 Å². The van der Waals surface area contributed by atoms with E-state index in [9.17, 15) is 0 Å². The molecule has 18 aromatic rings. The molecule has 0 saturated heterocycles. The average molecular weight is 1220 g/mol. The molecule has 1 aromatic carbocycles. The molecule has 0 saturated carbocycles. The second kappa shape index (κ2) is 30.3. The molecule has 17 heterocycles. The Morgan fingerprint density at radius 2 is 0.728 bits per heavy atom. The fraction of sp³-hybridized carbons (Fsp3) is 0. The van der Waals surface area contributed by atoms with Crippen LogP contribution < -0.4 is 0 Å². The summed E-state index contributed by atoms with van der Waals surface area (Å²) in [5.41, 5.74) is 15.2. The van der Waals surface area contributed by atoms with Crippen molar-refractivity contribution >= 4 is 194 Å². The molecule has 0 spiro atoms. The first-order valence-electron chi connectivity index (χ1n) is 24.1. The molecule has 0 radical (unpaired) electrons. The van der Waals surface area contributed by atoms with Crippen LogP contribution in [-0.4, -0.2) is 64.8 Å². The van der Waals surface area contributed by atoms with Crippen molar-refractivity contribution in [3.8, 4) is 0 Å². The molecule has 0 fully saturated rings. The topological polar surface area (TPSA) is 168 Å². The van der Waals surface area contributed by atoms with E-state index in [1.165, 1.54) is 39.7 Å². The molecule has 13 nitrogen and oxygen atoms in total. The van der Waals surface area contributed by atoms with Crippen molar-refractivity contribution in [1.29, 1.82) is 0 Å². The molecule has 0 N–H and O–H groups in total. The predicted octanol–water partition coefficient (Wildman–Crippen LogP) is 18.2. The van der Waals surface area contributed by atoms with E-state index < -0.39 is 0 Å². The fourth-order valence-electron chi connectivity index (χ4n) is 6.85. The zero-order valence-corrected chi connectivity index (χ0v) is 49.5. The van der Waals surface area contributed by atoms with Gasteiger partial charge >= 0.3 is 0 Å². The van der Waals surface area contributed by atoms with Gasteiger partial charge in [-0.05, 0) is 130 Å². The standard InChI is InChI=1S/5C7H5NS.4C6H4N2S/c1-3-8-5-6-2-4-9-7(1)6;1-3-8-5-7-6(1)2-4-9-7;1-2-7-6(8-4-1)3-5-9-7;1-2-6-3-5-9-7(6)8-4-1;1-2-4-7-6(3-1)8-5-9-7;1-2-7-3-5-6(1)9-4-8-5;1-2-7-3-6-5(1)8-4-9-6;1-2-5-6(7-3-1)8-4-9-5;1-2-5-6(7-3-1)9-4-8-5/h5*1-5H;4*1-4H. The Balaban J connectivity index is 0.000000102. The molecule has 17 aromatic heterocycles. The van der Waals surface area contributed by atoms with Crippen molar-refractivity contribution in [3.05, 3.63) is 245 Å². The number of hydrogen-bond acceptors (Lipinski definition) is 22. The SMILES string of the molecule is c1cc2ccsc2cn1.c1cc2ncsc2cn1.c1cc2sccc2cn1.c1cc2scnc2cn1.c1ccc2scnc2c1.c1cnc2ccsc2c1.c1cnc2ncsc2c1.c1cnc2sccc2c1.c1cnc2scnc2c1. The highest BCUT2D eigenvalue weighted by Gasteiger charge is 1.96. The quantitative estimate of drug-likeness (QED) is 0.141. The molecule has 22 heteroatoms. The minimum absolute atomic E-state index is 0.850. The lowest BCUT2D eigenvalue weighted by Gasteiger charge is -1.81. The average Bonchev–Trinajstić information content (AvgIpc) is 4.38. The summed E-state index contributed by atoms with van der Waals surface area (Å²) in [7, 11) is 0. The van der Waals surface area contributed by atoms with Crippen LogP contribution >= 0.6 is 102 Å². The van der Waals surface area contributed by atoms with E-state index in [2.05, 4.69) is 123 Å². The molecular formula is C59H41N13S9. The summed E-state index contributed by atoms with van der Waals surface area (Å²) in [6, 6.07) is 40.2. The maximum atomic E-state index is 4.16. The largest absolute Gasteiger partial charge is 0.264 e. The van der Waals surface area contributed by atoms with Gasteiger partial charge in [0.15, 0.2) is 5.65 Å². The summed E-state index contributed by atoms with van der Waals surface area (Å²) < 4.78 is 8.59. The summed E-state index contributed by atoms with van der Waals surface area (Å²) in [4.78, 5) is 54.9. The van der Waals surface area contributed by atoms with Gasteiger partial charge < -0.3 is 0 Å². The first-order valence-corrected chi connectivity index (χ1v) is 32.1. The minimum Gasteiger partial charge on any atom is -0.264 e. The number of thiophene rings is 4. The molecule has 81 heavy (non-hydrogen) atoms. The van der Waals surface area contributed by atoms with Crippen molar-refractivity contribution in [2.75, 3.05) is 0 Å². The van der Waals surface area contributed by atoms with Crippen LogP contribution in [0.2, 0.25) is 0 Å².